The van der Waals surface area contributed by atoms with Crippen LogP contribution in [0.4, 0.5) is 9.59 Å². The van der Waals surface area contributed by atoms with Crippen LogP contribution >= 0.6 is 47.0 Å². The minimum Gasteiger partial charge on any atom is -0.478 e. The molecular weight excluding hydrogens is 2030 g/mol. The highest BCUT2D eigenvalue weighted by atomic mass is 32.2. The molecule has 9 aromatic rings. The molecule has 5 fully saturated rings. The SMILES string of the molecule is CSc1ccc(C(=O)[C@@H]2CN(C(=O)OC3CCCC3)C[C@H]2CCc2cc(C)c(OC(C)(C)C(=O)O)c(C)c2)cc1.CSc1ccc(C(=O)[C@@H]2CN(S(C)(=O)=O)C[C@H]2CCc2cc(C)c(OC(C)(C)C(=O)O)c(C)c2)cc1.CSc1ccc(C(=O)[C@H]2CN(C(=O)Oc3ccccc3)C[C@@H]2Cc2ccc(OC(C)(C)C(=O)O)cc2)cc1.CSc1ccc(C(=O)[C@H]2CN(S(C)(=O)=O)C[C@@H]2CCc2cc(C)c(OC(C)(C)C(=O)O)c(C)c2)cc1. The van der Waals surface area contributed by atoms with Gasteiger partial charge in [-0.3, -0.25) is 19.2 Å². The Morgan fingerprint density at radius 2 is 0.613 bits per heavy atom. The third-order valence-corrected chi connectivity index (χ3v) is 33.9. The molecule has 0 unspecified atom stereocenters. The number of aryl methyl sites for hydroxylation is 9. The number of benzene rings is 9. The molecule has 4 saturated heterocycles. The van der Waals surface area contributed by atoms with Crippen LogP contribution in [0.1, 0.15) is 197 Å². The number of ether oxygens (including phenoxy) is 6. The Bertz CT molecular complexity index is 6290. The third-order valence-electron chi connectivity index (χ3n) is 28.4. The number of amides is 2. The standard InChI is InChI=1S/C32H41NO6S.C30H31NO6S.2C27H35NO6S2/c1-20-16-22(17-21(2)29(20)39-32(3,4)30(35)36)10-11-24-18-33(31(37)38-25-8-6-7-9-25)19-27(24)28(34)23-12-14-26(40-5)15-13-23;1-30(2,28(33)34)37-24-13-9-20(10-14-24)17-22-18-31(29(35)36-23-7-5-4-6-8-23)19-26(22)27(32)21-11-15-25(38-3)16-12-21;2*1-17-13-19(14-18(2)25(17)34-27(3,4)26(30)31)7-8-21-15-28(36(6,32)33)16-23(21)24(29)20-9-11-22(35-5)12-10-20/h12-17,24-25,27H,6-11,18-19H2,1-5H3,(H,35,36);4-16,22,26H,17-19H2,1-3H3,(H,33,34);2*9-14,21,23H,7-8,15-16H2,1-6H3,(H,30,31)/t24-,27-;22-,26-;2*21-,23-/m1010/s1. The van der Waals surface area contributed by atoms with E-state index in [-0.39, 0.29) is 90.5 Å². The highest BCUT2D eigenvalue weighted by molar-refractivity contribution is 7.99. The molecule has 1 aliphatic carbocycles. The van der Waals surface area contributed by atoms with Crippen LogP contribution in [0.2, 0.25) is 0 Å². The van der Waals surface area contributed by atoms with Crippen molar-refractivity contribution in [1.82, 2.24) is 18.4 Å². The minimum atomic E-state index is -3.41. The van der Waals surface area contributed by atoms with Gasteiger partial charge in [-0.15, -0.1) is 47.0 Å². The van der Waals surface area contributed by atoms with Crippen LogP contribution < -0.4 is 23.7 Å². The van der Waals surface area contributed by atoms with Crippen LogP contribution in [0, 0.1) is 88.9 Å². The first-order chi connectivity index (χ1) is 70.6. The number of hydrogen-bond acceptors (Lipinski definition) is 24. The van der Waals surface area contributed by atoms with Crippen molar-refractivity contribution < 1.29 is 114 Å². The van der Waals surface area contributed by atoms with Crippen LogP contribution in [0.25, 0.3) is 0 Å². The molecule has 0 spiro atoms. The molecule has 8 atom stereocenters. The van der Waals surface area contributed by atoms with E-state index in [2.05, 4.69) is 0 Å². The number of aliphatic carboxylic acids is 4. The van der Waals surface area contributed by atoms with E-state index in [0.717, 1.165) is 114 Å². The second-order valence-corrected chi connectivity index (χ2v) is 49.1. The minimum absolute atomic E-state index is 0.000764. The second kappa shape index (κ2) is 51.7. The predicted octanol–water partition coefficient (Wildman–Crippen LogP) is 21.7. The van der Waals surface area contributed by atoms with Crippen molar-refractivity contribution in [2.75, 3.05) is 89.9 Å². The Kier molecular flexibility index (Phi) is 41.0. The summed E-state index contributed by atoms with van der Waals surface area (Å²) in [6, 6.07) is 58.2. The third kappa shape index (κ3) is 31.9. The van der Waals surface area contributed by atoms with Crippen LogP contribution in [-0.4, -0.2) is 233 Å². The van der Waals surface area contributed by atoms with Gasteiger partial charge in [0, 0.05) is 118 Å². The van der Waals surface area contributed by atoms with Crippen molar-refractivity contribution in [2.24, 2.45) is 47.3 Å². The van der Waals surface area contributed by atoms with Gasteiger partial charge in [0.2, 0.25) is 20.0 Å². The highest BCUT2D eigenvalue weighted by Gasteiger charge is 2.47. The number of nitrogens with zero attached hydrogens (tertiary/aromatic N) is 4. The summed E-state index contributed by atoms with van der Waals surface area (Å²) in [5.41, 5.74) is 6.36. The number of carboxylic acid groups (broad SMARTS) is 4. The predicted molar refractivity (Wildman–Crippen MR) is 588 cm³/mol. The van der Waals surface area contributed by atoms with Gasteiger partial charge in [0.05, 0.1) is 12.5 Å². The Morgan fingerprint density at radius 3 is 0.913 bits per heavy atom. The Labute approximate surface area is 899 Å². The van der Waals surface area contributed by atoms with E-state index >= 15 is 0 Å². The fourth-order valence-corrected chi connectivity index (χ4v) is 23.0. The molecule has 4 N–H and O–H groups in total. The summed E-state index contributed by atoms with van der Waals surface area (Å²) in [5, 5.41) is 37.6. The number of carbonyl (C=O) groups is 10. The fraction of sp³-hybridized carbons (Fsp3) is 0.448. The Hall–Kier alpha value is -11.5. The first-order valence-corrected chi connectivity index (χ1v) is 58.9. The van der Waals surface area contributed by atoms with Crippen molar-refractivity contribution in [3.8, 4) is 28.7 Å². The molecule has 14 rings (SSSR count). The quantitative estimate of drug-likeness (QED) is 0.0205. The lowest BCUT2D eigenvalue weighted by Crippen LogP contribution is -2.38. The molecule has 28 nitrogen and oxygen atoms in total. The van der Waals surface area contributed by atoms with Gasteiger partial charge in [0.1, 0.15) is 34.9 Å². The molecule has 150 heavy (non-hydrogen) atoms. The van der Waals surface area contributed by atoms with E-state index in [1.54, 1.807) is 93.2 Å². The number of carboxylic acids is 4. The number of thioether (sulfide) groups is 4. The average molecular weight is 2170 g/mol. The summed E-state index contributed by atoms with van der Waals surface area (Å²) in [4.78, 5) is 134. The Balaban J connectivity index is 0.000000190. The molecule has 0 radical (unpaired) electrons. The second-order valence-electron chi connectivity index (χ2n) is 41.6. The first kappa shape index (κ1) is 119. The zero-order valence-electron chi connectivity index (χ0n) is 89.2. The summed E-state index contributed by atoms with van der Waals surface area (Å²) < 4.78 is 86.4. The van der Waals surface area contributed by atoms with Crippen molar-refractivity contribution in [3.05, 3.63) is 266 Å². The number of para-hydroxylation sites is 1. The summed E-state index contributed by atoms with van der Waals surface area (Å²) in [6.45, 7) is 26.1. The largest absolute Gasteiger partial charge is 0.478 e. The monoisotopic (exact) mass is 2170 g/mol. The normalized spacial score (nSPS) is 18.6. The van der Waals surface area contributed by atoms with Gasteiger partial charge in [-0.25, -0.2) is 54.2 Å². The van der Waals surface area contributed by atoms with Gasteiger partial charge in [0.25, 0.3) is 0 Å². The lowest BCUT2D eigenvalue weighted by molar-refractivity contribution is -0.152. The number of hydrogen-bond donors (Lipinski definition) is 4. The molecule has 9 aromatic carbocycles. The van der Waals surface area contributed by atoms with E-state index in [9.17, 15) is 85.2 Å². The molecule has 34 heteroatoms. The van der Waals surface area contributed by atoms with Crippen LogP contribution in [0.5, 0.6) is 28.7 Å². The summed E-state index contributed by atoms with van der Waals surface area (Å²) >= 11 is 6.45. The molecule has 0 bridgehead atoms. The molecule has 806 valence electrons. The van der Waals surface area contributed by atoms with Crippen molar-refractivity contribution in [1.29, 1.82) is 0 Å². The zero-order valence-corrected chi connectivity index (χ0v) is 94.1. The molecular formula is C116H142N4O24S6. The van der Waals surface area contributed by atoms with Crippen LogP contribution in [-0.2, 0) is 69.6 Å². The number of ketones is 4. The van der Waals surface area contributed by atoms with E-state index in [0.29, 0.717) is 116 Å². The maximum absolute atomic E-state index is 13.7. The molecule has 4 heterocycles. The van der Waals surface area contributed by atoms with Gasteiger partial charge in [-0.1, -0.05) is 115 Å². The van der Waals surface area contributed by atoms with Crippen LogP contribution in [0.15, 0.2) is 208 Å². The van der Waals surface area contributed by atoms with Gasteiger partial charge < -0.3 is 58.6 Å². The zero-order chi connectivity index (χ0) is 110. The number of rotatable bonds is 39. The summed E-state index contributed by atoms with van der Waals surface area (Å²) in [7, 11) is -6.82. The molecule has 4 aliphatic heterocycles. The van der Waals surface area contributed by atoms with E-state index in [1.807, 2.05) is 218 Å². The van der Waals surface area contributed by atoms with Gasteiger partial charge in [-0.05, 0) is 345 Å². The average Bonchev–Trinajstić information content (AvgIpc) is 1.59. The maximum atomic E-state index is 13.7. The van der Waals surface area contributed by atoms with E-state index in [1.165, 1.54) is 76.5 Å². The smallest absolute Gasteiger partial charge is 0.415 e. The topological polar surface area (TPSA) is 388 Å². The molecule has 0 aromatic heterocycles. The molecule has 1 saturated carbocycles. The highest BCUT2D eigenvalue weighted by Crippen LogP contribution is 2.42. The Morgan fingerprint density at radius 1 is 0.333 bits per heavy atom. The first-order valence-electron chi connectivity index (χ1n) is 50.3. The van der Waals surface area contributed by atoms with E-state index in [4.69, 9.17) is 28.4 Å². The number of Topliss-reactive ketones (excluding diaryl/α,β-unsaturated/α-hetero) is 4. The van der Waals surface area contributed by atoms with E-state index < -0.39 is 84.3 Å². The van der Waals surface area contributed by atoms with Gasteiger partial charge in [0.15, 0.2) is 45.5 Å². The number of carbonyl (C=O) groups excluding carboxylic acids is 6. The summed E-state index contributed by atoms with van der Waals surface area (Å²) in [6.07, 6.45) is 18.2. The van der Waals surface area contributed by atoms with Crippen molar-refractivity contribution in [3.63, 3.8) is 0 Å². The van der Waals surface area contributed by atoms with Crippen LogP contribution in [0.3, 0.4) is 0 Å². The lowest BCUT2D eigenvalue weighted by atomic mass is 9.84. The molecule has 5 aliphatic rings. The van der Waals surface area contributed by atoms with Crippen molar-refractivity contribution in [2.45, 2.75) is 216 Å². The van der Waals surface area contributed by atoms with Gasteiger partial charge >= 0.3 is 36.1 Å². The maximum Gasteiger partial charge on any atom is 0.415 e. The molecule has 2 amide bonds. The number of sulfonamides is 2. The van der Waals surface area contributed by atoms with Crippen molar-refractivity contribution >= 4 is 126 Å². The fourth-order valence-electron chi connectivity index (χ4n) is 19.6. The lowest BCUT2D eigenvalue weighted by Gasteiger charge is -2.25. The van der Waals surface area contributed by atoms with Gasteiger partial charge in [-0.2, -0.15) is 0 Å². The summed E-state index contributed by atoms with van der Waals surface area (Å²) in [5.74, 6) is -3.34. The number of likely N-dealkylation sites (tertiary alicyclic amines) is 2.